The Hall–Kier alpha value is -2.26. The zero-order valence-electron chi connectivity index (χ0n) is 12.6. The Kier molecular flexibility index (Phi) is 5.12. The van der Waals surface area contributed by atoms with Crippen LogP contribution in [0.3, 0.4) is 0 Å². The molecule has 0 unspecified atom stereocenters. The average molecular weight is 359 g/mol. The SMILES string of the molecule is COc1ccc(OC)c(Nc2cc(Cl)nc(NS(C)(=O)=O)n2)c1. The minimum Gasteiger partial charge on any atom is -0.497 e. The molecule has 2 aromatic rings. The molecule has 2 N–H and O–H groups in total. The van der Waals surface area contributed by atoms with Crippen LogP contribution in [-0.4, -0.2) is 38.9 Å². The number of sulfonamides is 1. The first kappa shape index (κ1) is 17.1. The summed E-state index contributed by atoms with van der Waals surface area (Å²) in [5.74, 6) is 1.33. The maximum Gasteiger partial charge on any atom is 0.239 e. The normalized spacial score (nSPS) is 11.0. The number of hydrogen-bond donors (Lipinski definition) is 2. The predicted molar refractivity (Wildman–Crippen MR) is 88.3 cm³/mol. The van der Waals surface area contributed by atoms with Crippen LogP contribution < -0.4 is 19.5 Å². The molecule has 1 heterocycles. The molecule has 1 aromatic carbocycles. The summed E-state index contributed by atoms with van der Waals surface area (Å²) in [6.07, 6.45) is 0.995. The van der Waals surface area contributed by atoms with Crippen molar-refractivity contribution in [2.75, 3.05) is 30.5 Å². The number of halogens is 1. The zero-order valence-corrected chi connectivity index (χ0v) is 14.2. The monoisotopic (exact) mass is 358 g/mol. The van der Waals surface area contributed by atoms with Crippen LogP contribution in [0.4, 0.5) is 17.5 Å². The Balaban J connectivity index is 2.36. The van der Waals surface area contributed by atoms with E-state index in [1.807, 2.05) is 0 Å². The third-order valence-electron chi connectivity index (χ3n) is 2.64. The van der Waals surface area contributed by atoms with E-state index in [4.69, 9.17) is 21.1 Å². The van der Waals surface area contributed by atoms with Gasteiger partial charge in [0.1, 0.15) is 22.5 Å². The molecule has 0 aliphatic heterocycles. The van der Waals surface area contributed by atoms with E-state index in [-0.39, 0.29) is 11.1 Å². The van der Waals surface area contributed by atoms with E-state index >= 15 is 0 Å². The molecule has 0 bridgehead atoms. The first-order chi connectivity index (χ1) is 10.8. The van der Waals surface area contributed by atoms with Gasteiger partial charge in [0.25, 0.3) is 0 Å². The van der Waals surface area contributed by atoms with Crippen molar-refractivity contribution in [3.63, 3.8) is 0 Å². The van der Waals surface area contributed by atoms with Crippen molar-refractivity contribution >= 4 is 39.1 Å². The first-order valence-corrected chi connectivity index (χ1v) is 8.59. The molecule has 124 valence electrons. The topological polar surface area (TPSA) is 102 Å². The van der Waals surface area contributed by atoms with E-state index in [0.29, 0.717) is 23.0 Å². The van der Waals surface area contributed by atoms with Crippen molar-refractivity contribution in [2.45, 2.75) is 0 Å². The van der Waals surface area contributed by atoms with Gasteiger partial charge in [-0.3, -0.25) is 4.72 Å². The number of hydrogen-bond acceptors (Lipinski definition) is 7. The third kappa shape index (κ3) is 4.86. The lowest BCUT2D eigenvalue weighted by molar-refractivity contribution is 0.405. The fourth-order valence-electron chi connectivity index (χ4n) is 1.74. The Bertz CT molecular complexity index is 814. The van der Waals surface area contributed by atoms with E-state index in [9.17, 15) is 8.42 Å². The molecule has 1 aromatic heterocycles. The van der Waals surface area contributed by atoms with Gasteiger partial charge in [-0.05, 0) is 12.1 Å². The van der Waals surface area contributed by atoms with Gasteiger partial charge in [0.2, 0.25) is 16.0 Å². The van der Waals surface area contributed by atoms with Crippen molar-refractivity contribution in [2.24, 2.45) is 0 Å². The van der Waals surface area contributed by atoms with E-state index in [1.54, 1.807) is 25.3 Å². The Morgan fingerprint density at radius 2 is 1.87 bits per heavy atom. The van der Waals surface area contributed by atoms with Crippen molar-refractivity contribution < 1.29 is 17.9 Å². The van der Waals surface area contributed by atoms with Crippen LogP contribution in [0.25, 0.3) is 0 Å². The van der Waals surface area contributed by atoms with Gasteiger partial charge in [-0.1, -0.05) is 11.6 Å². The smallest absolute Gasteiger partial charge is 0.239 e. The second-order valence-electron chi connectivity index (χ2n) is 4.46. The molecular formula is C13H15ClN4O4S. The summed E-state index contributed by atoms with van der Waals surface area (Å²) in [5.41, 5.74) is 0.576. The highest BCUT2D eigenvalue weighted by molar-refractivity contribution is 7.91. The van der Waals surface area contributed by atoms with Crippen LogP contribution in [0, 0.1) is 0 Å². The number of nitrogens with zero attached hydrogens (tertiary/aromatic N) is 2. The molecular weight excluding hydrogens is 344 g/mol. The standard InChI is InChI=1S/C13H15ClN4O4S/c1-21-8-4-5-10(22-2)9(6-8)15-12-7-11(14)16-13(17-12)18-23(3,19)20/h4-7H,1-3H3,(H2,15,16,17,18). The molecule has 0 fully saturated rings. The summed E-state index contributed by atoms with van der Waals surface area (Å²) in [5, 5.41) is 3.07. The number of aromatic nitrogens is 2. The summed E-state index contributed by atoms with van der Waals surface area (Å²) in [7, 11) is -0.446. The highest BCUT2D eigenvalue weighted by atomic mass is 35.5. The van der Waals surface area contributed by atoms with Gasteiger partial charge in [-0.15, -0.1) is 0 Å². The van der Waals surface area contributed by atoms with E-state index in [1.165, 1.54) is 13.2 Å². The molecule has 10 heteroatoms. The Morgan fingerprint density at radius 1 is 1.13 bits per heavy atom. The predicted octanol–water partition coefficient (Wildman–Crippen LogP) is 2.26. The summed E-state index contributed by atoms with van der Waals surface area (Å²) < 4.78 is 35.1. The minimum absolute atomic E-state index is 0.0792. The fourth-order valence-corrected chi connectivity index (χ4v) is 2.35. The molecule has 0 atom stereocenters. The van der Waals surface area contributed by atoms with Gasteiger partial charge >= 0.3 is 0 Å². The molecule has 0 aliphatic carbocycles. The van der Waals surface area contributed by atoms with Crippen LogP contribution in [0.15, 0.2) is 24.3 Å². The largest absolute Gasteiger partial charge is 0.497 e. The summed E-state index contributed by atoms with van der Waals surface area (Å²) >= 11 is 5.90. The van der Waals surface area contributed by atoms with Gasteiger partial charge in [0.15, 0.2) is 0 Å². The van der Waals surface area contributed by atoms with Crippen molar-refractivity contribution in [3.05, 3.63) is 29.4 Å². The second-order valence-corrected chi connectivity index (χ2v) is 6.60. The molecule has 0 amide bonds. The van der Waals surface area contributed by atoms with Crippen LogP contribution in [0.1, 0.15) is 0 Å². The molecule has 0 radical (unpaired) electrons. The van der Waals surface area contributed by atoms with Crippen LogP contribution >= 0.6 is 11.6 Å². The number of ether oxygens (including phenoxy) is 2. The average Bonchev–Trinajstić information content (AvgIpc) is 2.44. The lowest BCUT2D eigenvalue weighted by Crippen LogP contribution is -2.13. The molecule has 0 saturated carbocycles. The van der Waals surface area contributed by atoms with Crippen LogP contribution in [0.2, 0.25) is 5.15 Å². The maximum absolute atomic E-state index is 11.3. The Labute approximate surface area is 138 Å². The van der Waals surface area contributed by atoms with Gasteiger partial charge in [-0.25, -0.2) is 13.4 Å². The number of benzene rings is 1. The second kappa shape index (κ2) is 6.88. The van der Waals surface area contributed by atoms with E-state index in [0.717, 1.165) is 6.26 Å². The highest BCUT2D eigenvalue weighted by Gasteiger charge is 2.11. The van der Waals surface area contributed by atoms with Crippen molar-refractivity contribution in [1.29, 1.82) is 0 Å². The summed E-state index contributed by atoms with van der Waals surface area (Å²) in [6.45, 7) is 0. The molecule has 0 aliphatic rings. The van der Waals surface area contributed by atoms with Crippen LogP contribution in [-0.2, 0) is 10.0 Å². The number of nitrogens with one attached hydrogen (secondary N) is 2. The molecule has 23 heavy (non-hydrogen) atoms. The lowest BCUT2D eigenvalue weighted by atomic mass is 10.2. The number of anilines is 3. The minimum atomic E-state index is -3.51. The van der Waals surface area contributed by atoms with E-state index < -0.39 is 10.0 Å². The number of methoxy groups -OCH3 is 2. The molecule has 8 nitrogen and oxygen atoms in total. The molecule has 0 spiro atoms. The van der Waals surface area contributed by atoms with Crippen molar-refractivity contribution in [1.82, 2.24) is 9.97 Å². The third-order valence-corrected chi connectivity index (χ3v) is 3.39. The van der Waals surface area contributed by atoms with Gasteiger partial charge in [0, 0.05) is 12.1 Å². The van der Waals surface area contributed by atoms with E-state index in [2.05, 4.69) is 20.0 Å². The van der Waals surface area contributed by atoms with Crippen LogP contribution in [0.5, 0.6) is 11.5 Å². The van der Waals surface area contributed by atoms with Crippen molar-refractivity contribution in [3.8, 4) is 11.5 Å². The summed E-state index contributed by atoms with van der Waals surface area (Å²) in [4.78, 5) is 7.86. The number of rotatable bonds is 6. The van der Waals surface area contributed by atoms with Gasteiger partial charge < -0.3 is 14.8 Å². The first-order valence-electron chi connectivity index (χ1n) is 6.32. The zero-order chi connectivity index (χ0) is 17.0. The molecule has 2 rings (SSSR count). The van der Waals surface area contributed by atoms with Gasteiger partial charge in [0.05, 0.1) is 26.2 Å². The fraction of sp³-hybridized carbons (Fsp3) is 0.231. The van der Waals surface area contributed by atoms with Gasteiger partial charge in [-0.2, -0.15) is 4.98 Å². The quantitative estimate of drug-likeness (QED) is 0.763. The highest BCUT2D eigenvalue weighted by Crippen LogP contribution is 2.31. The Morgan fingerprint density at radius 3 is 2.48 bits per heavy atom. The maximum atomic E-state index is 11.3. The summed E-state index contributed by atoms with van der Waals surface area (Å²) in [6, 6.07) is 6.62. The lowest BCUT2D eigenvalue weighted by Gasteiger charge is -2.13. The molecule has 0 saturated heterocycles.